The number of amides is 1. The van der Waals surface area contributed by atoms with E-state index in [-0.39, 0.29) is 31.2 Å². The zero-order valence-corrected chi connectivity index (χ0v) is 19.4. The van der Waals surface area contributed by atoms with Crippen LogP contribution < -0.4 is 5.32 Å². The summed E-state index contributed by atoms with van der Waals surface area (Å²) in [4.78, 5) is 34.6. The van der Waals surface area contributed by atoms with E-state index >= 15 is 0 Å². The molecule has 1 unspecified atom stereocenters. The number of nitrogens with one attached hydrogen (secondary N) is 1. The maximum absolute atomic E-state index is 12.5. The number of carboxylic acids is 1. The zero-order chi connectivity index (χ0) is 25.9. The summed E-state index contributed by atoms with van der Waals surface area (Å²) in [6.45, 7) is 0.193. The Hall–Kier alpha value is -4.93. The van der Waals surface area contributed by atoms with E-state index < -0.39 is 23.0 Å². The largest absolute Gasteiger partial charge is 0.480 e. The SMILES string of the molecule is O=C(NC(Cc1ccc(Cn2cc([N+](=O)[O-])cn2)o1)C(=O)O)OCC1c2ccccc2-c2ccccc21. The van der Waals surface area contributed by atoms with Gasteiger partial charge in [0, 0.05) is 12.3 Å². The standard InChI is InChI=1S/C26H22N4O7/c31-25(32)24(11-17-9-10-18(37-17)14-29-13-16(12-27-29)30(34)35)28-26(33)36-15-23-21-7-3-1-5-19(21)20-6-2-4-8-22(20)23/h1-10,12-13,23-24H,11,14-15H2,(H,28,33)(H,31,32). The third-order valence-corrected chi connectivity index (χ3v) is 6.20. The molecule has 5 rings (SSSR count). The van der Waals surface area contributed by atoms with Crippen molar-refractivity contribution in [2.75, 3.05) is 6.61 Å². The molecule has 2 heterocycles. The molecule has 0 fully saturated rings. The lowest BCUT2D eigenvalue weighted by atomic mass is 9.98. The van der Waals surface area contributed by atoms with Crippen molar-refractivity contribution in [3.63, 3.8) is 0 Å². The van der Waals surface area contributed by atoms with Crippen LogP contribution in [0.25, 0.3) is 11.1 Å². The summed E-state index contributed by atoms with van der Waals surface area (Å²) in [5.74, 6) is -0.636. The Morgan fingerprint density at radius 3 is 2.35 bits per heavy atom. The van der Waals surface area contributed by atoms with Crippen molar-refractivity contribution in [1.82, 2.24) is 15.1 Å². The minimum absolute atomic E-state index is 0.0626. The van der Waals surface area contributed by atoms with Gasteiger partial charge in [-0.3, -0.25) is 14.8 Å². The molecule has 0 aliphatic heterocycles. The molecule has 0 saturated heterocycles. The number of fused-ring (bicyclic) bond motifs is 3. The highest BCUT2D eigenvalue weighted by molar-refractivity contribution is 5.81. The van der Waals surface area contributed by atoms with Crippen LogP contribution in [-0.4, -0.2) is 44.5 Å². The first kappa shape index (κ1) is 23.8. The van der Waals surface area contributed by atoms with Crippen LogP contribution in [0.5, 0.6) is 0 Å². The fraction of sp³-hybridized carbons (Fsp3) is 0.192. The predicted octanol–water partition coefficient (Wildman–Crippen LogP) is 3.97. The van der Waals surface area contributed by atoms with Gasteiger partial charge in [-0.05, 0) is 34.4 Å². The Labute approximate surface area is 210 Å². The summed E-state index contributed by atoms with van der Waals surface area (Å²) >= 11 is 0. The van der Waals surface area contributed by atoms with E-state index in [1.54, 1.807) is 12.1 Å². The molecule has 0 spiro atoms. The Morgan fingerprint density at radius 1 is 1.08 bits per heavy atom. The van der Waals surface area contributed by atoms with Crippen molar-refractivity contribution in [2.45, 2.75) is 24.9 Å². The molecule has 37 heavy (non-hydrogen) atoms. The first-order valence-electron chi connectivity index (χ1n) is 11.5. The topological polar surface area (TPSA) is 150 Å². The van der Waals surface area contributed by atoms with Gasteiger partial charge < -0.3 is 19.6 Å². The summed E-state index contributed by atoms with van der Waals surface area (Å²) in [6, 6.07) is 17.8. The molecular formula is C26H22N4O7. The van der Waals surface area contributed by atoms with Gasteiger partial charge in [-0.15, -0.1) is 0 Å². The van der Waals surface area contributed by atoms with Crippen molar-refractivity contribution >= 4 is 17.7 Å². The molecular weight excluding hydrogens is 480 g/mol. The average molecular weight is 502 g/mol. The van der Waals surface area contributed by atoms with Crippen LogP contribution in [-0.2, 0) is 22.5 Å². The minimum atomic E-state index is -1.28. The predicted molar refractivity (Wildman–Crippen MR) is 130 cm³/mol. The molecule has 188 valence electrons. The summed E-state index contributed by atoms with van der Waals surface area (Å²) in [7, 11) is 0. The number of nitro groups is 1. The molecule has 2 aromatic carbocycles. The molecule has 2 N–H and O–H groups in total. The van der Waals surface area contributed by atoms with E-state index in [9.17, 15) is 24.8 Å². The number of hydrogen-bond acceptors (Lipinski definition) is 7. The highest BCUT2D eigenvalue weighted by Gasteiger charge is 2.30. The monoisotopic (exact) mass is 502 g/mol. The number of alkyl carbamates (subject to hydrolysis) is 1. The maximum Gasteiger partial charge on any atom is 0.407 e. The van der Waals surface area contributed by atoms with E-state index in [0.717, 1.165) is 28.5 Å². The number of aromatic nitrogens is 2. The van der Waals surface area contributed by atoms with Crippen molar-refractivity contribution in [3.8, 4) is 11.1 Å². The minimum Gasteiger partial charge on any atom is -0.480 e. The quantitative estimate of drug-likeness (QED) is 0.258. The second-order valence-electron chi connectivity index (χ2n) is 8.59. The third kappa shape index (κ3) is 5.06. The number of carbonyl (C=O) groups excluding carboxylic acids is 1. The van der Waals surface area contributed by atoms with Crippen molar-refractivity contribution < 1.29 is 28.8 Å². The van der Waals surface area contributed by atoms with Crippen LogP contribution in [0.4, 0.5) is 10.5 Å². The average Bonchev–Trinajstić information content (AvgIpc) is 3.61. The molecule has 1 amide bonds. The van der Waals surface area contributed by atoms with Gasteiger partial charge in [0.25, 0.3) is 0 Å². The van der Waals surface area contributed by atoms with Gasteiger partial charge in [-0.2, -0.15) is 5.10 Å². The summed E-state index contributed by atoms with van der Waals surface area (Å²) in [5, 5.41) is 26.7. The van der Waals surface area contributed by atoms with Crippen molar-refractivity contribution in [2.24, 2.45) is 0 Å². The number of aliphatic carboxylic acids is 1. The van der Waals surface area contributed by atoms with Gasteiger partial charge in [0.05, 0.1) is 11.5 Å². The van der Waals surface area contributed by atoms with E-state index in [4.69, 9.17) is 9.15 Å². The number of carbonyl (C=O) groups is 2. The van der Waals surface area contributed by atoms with Gasteiger partial charge in [-0.1, -0.05) is 48.5 Å². The highest BCUT2D eigenvalue weighted by Crippen LogP contribution is 2.44. The van der Waals surface area contributed by atoms with Crippen LogP contribution in [0.1, 0.15) is 28.6 Å². The van der Waals surface area contributed by atoms with Crippen LogP contribution in [0.2, 0.25) is 0 Å². The Kier molecular flexibility index (Phi) is 6.42. The number of furan rings is 1. The molecule has 11 nitrogen and oxygen atoms in total. The second-order valence-corrected chi connectivity index (χ2v) is 8.59. The number of nitrogens with zero attached hydrogens (tertiary/aromatic N) is 3. The van der Waals surface area contributed by atoms with Gasteiger partial charge in [-0.25, -0.2) is 9.59 Å². The van der Waals surface area contributed by atoms with Crippen LogP contribution >= 0.6 is 0 Å². The second kappa shape index (κ2) is 9.97. The van der Waals surface area contributed by atoms with E-state index in [1.165, 1.54) is 10.9 Å². The molecule has 11 heteroatoms. The lowest BCUT2D eigenvalue weighted by Gasteiger charge is -2.17. The van der Waals surface area contributed by atoms with Gasteiger partial charge in [0.15, 0.2) is 0 Å². The lowest BCUT2D eigenvalue weighted by Crippen LogP contribution is -2.42. The number of ether oxygens (including phenoxy) is 1. The van der Waals surface area contributed by atoms with Gasteiger partial charge >= 0.3 is 17.7 Å². The molecule has 0 bridgehead atoms. The number of rotatable bonds is 9. The molecule has 4 aromatic rings. The first-order valence-corrected chi connectivity index (χ1v) is 11.5. The van der Waals surface area contributed by atoms with Crippen molar-refractivity contribution in [3.05, 3.63) is 106 Å². The van der Waals surface area contributed by atoms with Crippen LogP contribution in [0.15, 0.2) is 77.5 Å². The Bertz CT molecular complexity index is 1430. The summed E-state index contributed by atoms with van der Waals surface area (Å²) < 4.78 is 12.4. The van der Waals surface area contributed by atoms with Crippen molar-refractivity contribution in [1.29, 1.82) is 0 Å². The molecule has 1 aliphatic carbocycles. The third-order valence-electron chi connectivity index (χ3n) is 6.20. The molecule has 0 saturated carbocycles. The van der Waals surface area contributed by atoms with Gasteiger partial charge in [0.1, 0.15) is 36.6 Å². The molecule has 0 radical (unpaired) electrons. The maximum atomic E-state index is 12.5. The normalized spacial score (nSPS) is 13.0. The number of hydrogen-bond donors (Lipinski definition) is 2. The first-order chi connectivity index (χ1) is 17.9. The van der Waals surface area contributed by atoms with Crippen LogP contribution in [0.3, 0.4) is 0 Å². The number of benzene rings is 2. The highest BCUT2D eigenvalue weighted by atomic mass is 16.6. The lowest BCUT2D eigenvalue weighted by molar-refractivity contribution is -0.385. The fourth-order valence-corrected chi connectivity index (χ4v) is 4.49. The zero-order valence-electron chi connectivity index (χ0n) is 19.4. The van der Waals surface area contributed by atoms with Crippen LogP contribution in [0, 0.1) is 10.1 Å². The summed E-state index contributed by atoms with van der Waals surface area (Å²) in [5.41, 5.74) is 4.14. The molecule has 1 atom stereocenters. The van der Waals surface area contributed by atoms with Gasteiger partial charge in [0.2, 0.25) is 0 Å². The molecule has 1 aliphatic rings. The molecule has 2 aromatic heterocycles. The summed E-state index contributed by atoms with van der Waals surface area (Å²) in [6.07, 6.45) is 1.44. The number of carboxylic acid groups (broad SMARTS) is 1. The fourth-order valence-electron chi connectivity index (χ4n) is 4.49. The van der Waals surface area contributed by atoms with E-state index in [2.05, 4.69) is 10.4 Å². The Morgan fingerprint density at radius 2 is 1.73 bits per heavy atom. The van der Waals surface area contributed by atoms with E-state index in [1.807, 2.05) is 48.5 Å². The Balaban J connectivity index is 1.20. The van der Waals surface area contributed by atoms with E-state index in [0.29, 0.717) is 11.5 Å². The smallest absolute Gasteiger partial charge is 0.407 e.